The lowest BCUT2D eigenvalue weighted by Gasteiger charge is -2.24. The average Bonchev–Trinajstić information content (AvgIpc) is 3.52. The van der Waals surface area contributed by atoms with Crippen LogP contribution in [0.5, 0.6) is 28.7 Å². The number of carboxylic acid groups (broad SMARTS) is 2. The van der Waals surface area contributed by atoms with E-state index in [0.717, 1.165) is 23.1 Å². The van der Waals surface area contributed by atoms with Crippen LogP contribution in [0.1, 0.15) is 47.4 Å². The molecule has 3 aromatic carbocycles. The summed E-state index contributed by atoms with van der Waals surface area (Å²) in [5, 5.41) is 19.9. The number of fused-ring (bicyclic) bond motifs is 2. The fourth-order valence-corrected chi connectivity index (χ4v) is 5.49. The van der Waals surface area contributed by atoms with Gasteiger partial charge in [-0.15, -0.1) is 0 Å². The van der Waals surface area contributed by atoms with E-state index in [4.69, 9.17) is 23.7 Å². The molecule has 0 amide bonds. The molecule has 0 saturated heterocycles. The number of benzene rings is 3. The largest absolute Gasteiger partial charge is 0.497 e. The Hall–Kier alpha value is -4.40. The molecule has 39 heavy (non-hydrogen) atoms. The SMILES string of the molecule is CCCOc1ccc2c(c1)C(c1ccc(OC)cc1OCC(=O)O)C(C(=O)O)C2Cc1ccc2c(c1)OCO2. The van der Waals surface area contributed by atoms with Gasteiger partial charge in [-0.1, -0.05) is 25.1 Å². The van der Waals surface area contributed by atoms with Crippen LogP contribution in [0.2, 0.25) is 0 Å². The number of methoxy groups -OCH3 is 1. The Kier molecular flexibility index (Phi) is 7.49. The van der Waals surface area contributed by atoms with Crippen molar-refractivity contribution in [2.45, 2.75) is 31.6 Å². The number of carbonyl (C=O) groups is 2. The van der Waals surface area contributed by atoms with E-state index in [1.54, 1.807) is 18.2 Å². The van der Waals surface area contributed by atoms with Gasteiger partial charge in [-0.3, -0.25) is 4.79 Å². The molecule has 1 heterocycles. The smallest absolute Gasteiger partial charge is 0.341 e. The second kappa shape index (κ2) is 11.1. The van der Waals surface area contributed by atoms with Crippen molar-refractivity contribution in [2.24, 2.45) is 5.92 Å². The summed E-state index contributed by atoms with van der Waals surface area (Å²) in [5.41, 5.74) is 3.21. The van der Waals surface area contributed by atoms with E-state index >= 15 is 0 Å². The van der Waals surface area contributed by atoms with E-state index < -0.39 is 30.4 Å². The van der Waals surface area contributed by atoms with Gasteiger partial charge < -0.3 is 33.9 Å². The Bertz CT molecular complexity index is 1380. The molecule has 0 saturated carbocycles. The third kappa shape index (κ3) is 5.30. The van der Waals surface area contributed by atoms with Crippen LogP contribution in [0.25, 0.3) is 0 Å². The minimum absolute atomic E-state index is 0.155. The van der Waals surface area contributed by atoms with Gasteiger partial charge in [0.05, 0.1) is 19.6 Å². The van der Waals surface area contributed by atoms with Crippen molar-refractivity contribution in [3.05, 3.63) is 76.9 Å². The van der Waals surface area contributed by atoms with Crippen LogP contribution in [0.4, 0.5) is 0 Å². The molecule has 0 spiro atoms. The Morgan fingerprint density at radius 2 is 1.67 bits per heavy atom. The fraction of sp³-hybridized carbons (Fsp3) is 0.333. The van der Waals surface area contributed by atoms with Crippen LogP contribution in [0, 0.1) is 5.92 Å². The number of carboxylic acids is 2. The minimum Gasteiger partial charge on any atom is -0.497 e. The summed E-state index contributed by atoms with van der Waals surface area (Å²) in [6.07, 6.45) is 1.28. The monoisotopic (exact) mass is 534 g/mol. The van der Waals surface area contributed by atoms with Gasteiger partial charge in [-0.05, 0) is 59.9 Å². The molecule has 9 heteroatoms. The highest BCUT2D eigenvalue weighted by Crippen LogP contribution is 2.54. The van der Waals surface area contributed by atoms with Crippen LogP contribution in [0.15, 0.2) is 54.6 Å². The molecule has 2 N–H and O–H groups in total. The van der Waals surface area contributed by atoms with E-state index in [9.17, 15) is 19.8 Å². The fourth-order valence-electron chi connectivity index (χ4n) is 5.49. The molecule has 0 fully saturated rings. The van der Waals surface area contributed by atoms with Crippen LogP contribution in [-0.4, -0.2) is 49.3 Å². The van der Waals surface area contributed by atoms with E-state index in [0.29, 0.717) is 41.6 Å². The van der Waals surface area contributed by atoms with Crippen LogP contribution >= 0.6 is 0 Å². The zero-order valence-electron chi connectivity index (χ0n) is 21.7. The molecular formula is C30H30O9. The van der Waals surface area contributed by atoms with Crippen molar-refractivity contribution in [3.8, 4) is 28.7 Å². The summed E-state index contributed by atoms with van der Waals surface area (Å²) < 4.78 is 27.9. The molecule has 204 valence electrons. The third-order valence-corrected chi connectivity index (χ3v) is 7.14. The zero-order chi connectivity index (χ0) is 27.5. The zero-order valence-corrected chi connectivity index (χ0v) is 21.7. The first-order chi connectivity index (χ1) is 18.9. The normalized spacial score (nSPS) is 18.9. The maximum Gasteiger partial charge on any atom is 0.341 e. The summed E-state index contributed by atoms with van der Waals surface area (Å²) in [7, 11) is 1.50. The molecule has 3 unspecified atom stereocenters. The minimum atomic E-state index is -1.14. The molecule has 9 nitrogen and oxygen atoms in total. The predicted molar refractivity (Wildman–Crippen MR) is 140 cm³/mol. The van der Waals surface area contributed by atoms with Crippen LogP contribution < -0.4 is 23.7 Å². The molecule has 0 aromatic heterocycles. The Morgan fingerprint density at radius 1 is 0.897 bits per heavy atom. The van der Waals surface area contributed by atoms with Crippen molar-refractivity contribution in [2.75, 3.05) is 27.1 Å². The van der Waals surface area contributed by atoms with Crippen molar-refractivity contribution in [3.63, 3.8) is 0 Å². The molecule has 1 aliphatic heterocycles. The number of hydrogen-bond donors (Lipinski definition) is 2. The van der Waals surface area contributed by atoms with Crippen LogP contribution in [-0.2, 0) is 16.0 Å². The Balaban J connectivity index is 1.62. The second-order valence-corrected chi connectivity index (χ2v) is 9.57. The molecule has 0 radical (unpaired) electrons. The molecule has 0 bridgehead atoms. The number of rotatable bonds is 11. The first-order valence-electron chi connectivity index (χ1n) is 12.8. The molecule has 5 rings (SSSR count). The standard InChI is InChI=1S/C30H30O9/c1-3-10-36-19-6-7-20-22(11-17-4-9-24-26(12-17)39-16-38-24)29(30(33)34)28(23(20)13-19)21-8-5-18(35-2)14-25(21)37-15-27(31)32/h4-9,12-14,22,28-29H,3,10-11,15-16H2,1-2H3,(H,31,32)(H,33,34). The highest BCUT2D eigenvalue weighted by Gasteiger charge is 2.47. The van der Waals surface area contributed by atoms with E-state index in [-0.39, 0.29) is 18.5 Å². The van der Waals surface area contributed by atoms with E-state index in [1.807, 2.05) is 43.3 Å². The maximum absolute atomic E-state index is 13.0. The van der Waals surface area contributed by atoms with Gasteiger partial charge in [0.1, 0.15) is 17.2 Å². The highest BCUT2D eigenvalue weighted by atomic mass is 16.7. The summed E-state index contributed by atoms with van der Waals surface area (Å²) >= 11 is 0. The topological polar surface area (TPSA) is 121 Å². The van der Waals surface area contributed by atoms with E-state index in [2.05, 4.69) is 0 Å². The Morgan fingerprint density at radius 3 is 2.41 bits per heavy atom. The first-order valence-corrected chi connectivity index (χ1v) is 12.8. The highest BCUT2D eigenvalue weighted by molar-refractivity contribution is 5.77. The quantitative estimate of drug-likeness (QED) is 0.356. The first kappa shape index (κ1) is 26.2. The average molecular weight is 535 g/mol. The predicted octanol–water partition coefficient (Wildman–Crippen LogP) is 4.85. The lowest BCUT2D eigenvalue weighted by atomic mass is 9.80. The molecule has 2 aliphatic rings. The summed E-state index contributed by atoms with van der Waals surface area (Å²) in [4.78, 5) is 24.3. The molecule has 3 aromatic rings. The summed E-state index contributed by atoms with van der Waals surface area (Å²) in [6.45, 7) is 2.13. The lowest BCUT2D eigenvalue weighted by molar-refractivity contribution is -0.143. The van der Waals surface area contributed by atoms with Crippen molar-refractivity contribution in [1.29, 1.82) is 0 Å². The molecule has 1 aliphatic carbocycles. The summed E-state index contributed by atoms with van der Waals surface area (Å²) in [6, 6.07) is 16.4. The van der Waals surface area contributed by atoms with Gasteiger partial charge in [-0.2, -0.15) is 0 Å². The number of aliphatic carboxylic acids is 2. The second-order valence-electron chi connectivity index (χ2n) is 9.57. The van der Waals surface area contributed by atoms with E-state index in [1.165, 1.54) is 7.11 Å². The Labute approximate surface area is 225 Å². The van der Waals surface area contributed by atoms with Gasteiger partial charge in [0, 0.05) is 23.5 Å². The van der Waals surface area contributed by atoms with Crippen LogP contribution in [0.3, 0.4) is 0 Å². The van der Waals surface area contributed by atoms with Gasteiger partial charge in [0.15, 0.2) is 18.1 Å². The summed E-state index contributed by atoms with van der Waals surface area (Å²) in [5.74, 6) is -1.26. The molecule has 3 atom stereocenters. The van der Waals surface area contributed by atoms with Gasteiger partial charge in [0.2, 0.25) is 6.79 Å². The molecular weight excluding hydrogens is 504 g/mol. The number of ether oxygens (including phenoxy) is 5. The van der Waals surface area contributed by atoms with Crippen molar-refractivity contribution in [1.82, 2.24) is 0 Å². The maximum atomic E-state index is 13.0. The lowest BCUT2D eigenvalue weighted by Crippen LogP contribution is -2.25. The van der Waals surface area contributed by atoms with Crippen molar-refractivity contribution < 1.29 is 43.5 Å². The van der Waals surface area contributed by atoms with Gasteiger partial charge in [-0.25, -0.2) is 4.79 Å². The van der Waals surface area contributed by atoms with Crippen molar-refractivity contribution >= 4 is 11.9 Å². The van der Waals surface area contributed by atoms with Gasteiger partial charge >= 0.3 is 11.9 Å². The van der Waals surface area contributed by atoms with Gasteiger partial charge in [0.25, 0.3) is 0 Å². The number of hydrogen-bond acceptors (Lipinski definition) is 7. The third-order valence-electron chi connectivity index (χ3n) is 7.14.